The van der Waals surface area contributed by atoms with Gasteiger partial charge in [0.1, 0.15) is 0 Å². The van der Waals surface area contributed by atoms with Gasteiger partial charge in [-0.15, -0.1) is 0 Å². The first-order valence-corrected chi connectivity index (χ1v) is 7.84. The van der Waals surface area contributed by atoms with Gasteiger partial charge >= 0.3 is 0 Å². The molecule has 0 spiro atoms. The molecule has 0 heterocycles. The van der Waals surface area contributed by atoms with E-state index in [1.807, 2.05) is 6.92 Å². The van der Waals surface area contributed by atoms with Crippen LogP contribution in [0.1, 0.15) is 31.7 Å². The SMILES string of the molecule is CCCN(C1CC1)S(=O)(=O)c1ccc(CN)cc1. The lowest BCUT2D eigenvalue weighted by Crippen LogP contribution is -2.33. The van der Waals surface area contributed by atoms with Gasteiger partial charge in [-0.3, -0.25) is 0 Å². The van der Waals surface area contributed by atoms with Crippen LogP contribution in [0.3, 0.4) is 0 Å². The van der Waals surface area contributed by atoms with Gasteiger partial charge in [-0.25, -0.2) is 8.42 Å². The van der Waals surface area contributed by atoms with E-state index in [0.717, 1.165) is 24.8 Å². The van der Waals surface area contributed by atoms with Gasteiger partial charge in [0.15, 0.2) is 0 Å². The molecule has 0 amide bonds. The summed E-state index contributed by atoms with van der Waals surface area (Å²) in [5, 5.41) is 0. The highest BCUT2D eigenvalue weighted by Crippen LogP contribution is 2.32. The summed E-state index contributed by atoms with van der Waals surface area (Å²) in [5.41, 5.74) is 6.46. The zero-order chi connectivity index (χ0) is 13.2. The van der Waals surface area contributed by atoms with Crippen LogP contribution in [0.15, 0.2) is 29.2 Å². The van der Waals surface area contributed by atoms with Crippen molar-refractivity contribution >= 4 is 10.0 Å². The zero-order valence-electron chi connectivity index (χ0n) is 10.7. The fourth-order valence-corrected chi connectivity index (χ4v) is 3.79. The molecule has 1 aromatic rings. The average molecular weight is 268 g/mol. The van der Waals surface area contributed by atoms with Gasteiger partial charge in [0.05, 0.1) is 4.90 Å². The van der Waals surface area contributed by atoms with Crippen molar-refractivity contribution in [1.29, 1.82) is 0 Å². The van der Waals surface area contributed by atoms with E-state index in [9.17, 15) is 8.42 Å². The summed E-state index contributed by atoms with van der Waals surface area (Å²) in [4.78, 5) is 0.375. The average Bonchev–Trinajstić information content (AvgIpc) is 3.20. The van der Waals surface area contributed by atoms with Crippen molar-refractivity contribution in [1.82, 2.24) is 4.31 Å². The summed E-state index contributed by atoms with van der Waals surface area (Å²) in [7, 11) is -3.33. The highest BCUT2D eigenvalue weighted by Gasteiger charge is 2.37. The molecule has 0 aliphatic heterocycles. The number of rotatable bonds is 6. The molecule has 5 heteroatoms. The Hall–Kier alpha value is -0.910. The standard InChI is InChI=1S/C13H20N2O2S/c1-2-9-15(12-5-6-12)18(16,17)13-7-3-11(10-14)4-8-13/h3-4,7-8,12H,2,5-6,9-10,14H2,1H3. The van der Waals surface area contributed by atoms with E-state index < -0.39 is 10.0 Å². The molecule has 0 atom stereocenters. The Morgan fingerprint density at radius 1 is 1.28 bits per heavy atom. The van der Waals surface area contributed by atoms with Crippen LogP contribution in [0.5, 0.6) is 0 Å². The van der Waals surface area contributed by atoms with Crippen molar-refractivity contribution in [3.05, 3.63) is 29.8 Å². The summed E-state index contributed by atoms with van der Waals surface area (Å²) in [6.07, 6.45) is 2.82. The van der Waals surface area contributed by atoms with Crippen LogP contribution in [0, 0.1) is 0 Å². The fourth-order valence-electron chi connectivity index (χ4n) is 2.01. The number of benzene rings is 1. The minimum absolute atomic E-state index is 0.212. The molecule has 4 nitrogen and oxygen atoms in total. The lowest BCUT2D eigenvalue weighted by atomic mass is 10.2. The summed E-state index contributed by atoms with van der Waals surface area (Å²) in [5.74, 6) is 0. The number of nitrogens with two attached hydrogens (primary N) is 1. The van der Waals surface area contributed by atoms with Gasteiger partial charge in [0.25, 0.3) is 0 Å². The molecule has 0 radical (unpaired) electrons. The quantitative estimate of drug-likeness (QED) is 0.854. The van der Waals surface area contributed by atoms with Crippen molar-refractivity contribution in [3.63, 3.8) is 0 Å². The summed E-state index contributed by atoms with van der Waals surface area (Å²) in [6, 6.07) is 7.09. The van der Waals surface area contributed by atoms with Crippen LogP contribution >= 0.6 is 0 Å². The van der Waals surface area contributed by atoms with Crippen LogP contribution in [-0.4, -0.2) is 25.3 Å². The Bertz CT molecular complexity index is 492. The second-order valence-electron chi connectivity index (χ2n) is 4.70. The van der Waals surface area contributed by atoms with E-state index in [-0.39, 0.29) is 6.04 Å². The van der Waals surface area contributed by atoms with Gasteiger partial charge in [-0.1, -0.05) is 19.1 Å². The second kappa shape index (κ2) is 5.38. The first kappa shape index (κ1) is 13.5. The highest BCUT2D eigenvalue weighted by molar-refractivity contribution is 7.89. The van der Waals surface area contributed by atoms with Gasteiger partial charge < -0.3 is 5.73 Å². The predicted molar refractivity (Wildman–Crippen MR) is 71.5 cm³/mol. The molecule has 2 N–H and O–H groups in total. The fraction of sp³-hybridized carbons (Fsp3) is 0.538. The summed E-state index contributed by atoms with van der Waals surface area (Å²) in [6.45, 7) is 3.04. The monoisotopic (exact) mass is 268 g/mol. The normalized spacial score (nSPS) is 16.2. The summed E-state index contributed by atoms with van der Waals surface area (Å²) < 4.78 is 26.6. The molecule has 18 heavy (non-hydrogen) atoms. The zero-order valence-corrected chi connectivity index (χ0v) is 11.5. The second-order valence-corrected chi connectivity index (χ2v) is 6.59. The highest BCUT2D eigenvalue weighted by atomic mass is 32.2. The number of sulfonamides is 1. The van der Waals surface area contributed by atoms with Crippen LogP contribution in [-0.2, 0) is 16.6 Å². The molecule has 2 rings (SSSR count). The maximum Gasteiger partial charge on any atom is 0.243 e. The predicted octanol–water partition coefficient (Wildman–Crippen LogP) is 1.71. The third-order valence-electron chi connectivity index (χ3n) is 3.16. The molecule has 0 unspecified atom stereocenters. The lowest BCUT2D eigenvalue weighted by Gasteiger charge is -2.21. The molecular formula is C13H20N2O2S. The van der Waals surface area contributed by atoms with Crippen molar-refractivity contribution in [3.8, 4) is 0 Å². The van der Waals surface area contributed by atoms with Gasteiger partial charge in [0.2, 0.25) is 10.0 Å². The van der Waals surface area contributed by atoms with Crippen LogP contribution < -0.4 is 5.73 Å². The van der Waals surface area contributed by atoms with E-state index in [4.69, 9.17) is 5.73 Å². The Morgan fingerprint density at radius 3 is 2.33 bits per heavy atom. The van der Waals surface area contributed by atoms with E-state index in [1.165, 1.54) is 0 Å². The topological polar surface area (TPSA) is 63.4 Å². The third kappa shape index (κ3) is 2.74. The molecule has 0 aromatic heterocycles. The Balaban J connectivity index is 2.27. The van der Waals surface area contributed by atoms with Crippen LogP contribution in [0.25, 0.3) is 0 Å². The van der Waals surface area contributed by atoms with Crippen LogP contribution in [0.4, 0.5) is 0 Å². The smallest absolute Gasteiger partial charge is 0.243 e. The van der Waals surface area contributed by atoms with E-state index >= 15 is 0 Å². The third-order valence-corrected chi connectivity index (χ3v) is 5.13. The summed E-state index contributed by atoms with van der Waals surface area (Å²) >= 11 is 0. The Morgan fingerprint density at radius 2 is 1.89 bits per heavy atom. The molecule has 0 bridgehead atoms. The molecule has 0 saturated heterocycles. The van der Waals surface area contributed by atoms with Gasteiger partial charge in [-0.05, 0) is 37.0 Å². The molecule has 1 aliphatic carbocycles. The van der Waals surface area contributed by atoms with E-state index in [2.05, 4.69) is 0 Å². The lowest BCUT2D eigenvalue weighted by molar-refractivity contribution is 0.403. The Labute approximate surface area is 109 Å². The number of nitrogens with zero attached hydrogens (tertiary/aromatic N) is 1. The van der Waals surface area contributed by atoms with Gasteiger partial charge in [0, 0.05) is 19.1 Å². The maximum atomic E-state index is 12.5. The van der Waals surface area contributed by atoms with Crippen molar-refractivity contribution < 1.29 is 8.42 Å². The molecule has 1 saturated carbocycles. The Kier molecular flexibility index (Phi) is 4.04. The largest absolute Gasteiger partial charge is 0.326 e. The van der Waals surface area contributed by atoms with Gasteiger partial charge in [-0.2, -0.15) is 4.31 Å². The minimum Gasteiger partial charge on any atom is -0.326 e. The first-order valence-electron chi connectivity index (χ1n) is 6.40. The minimum atomic E-state index is -3.33. The number of hydrogen-bond donors (Lipinski definition) is 1. The number of hydrogen-bond acceptors (Lipinski definition) is 3. The van der Waals surface area contributed by atoms with Crippen molar-refractivity contribution in [2.75, 3.05) is 6.54 Å². The molecule has 1 aromatic carbocycles. The molecule has 1 aliphatic rings. The van der Waals surface area contributed by atoms with E-state index in [0.29, 0.717) is 18.0 Å². The first-order chi connectivity index (χ1) is 8.59. The van der Waals surface area contributed by atoms with Crippen molar-refractivity contribution in [2.24, 2.45) is 5.73 Å². The molecular weight excluding hydrogens is 248 g/mol. The maximum absolute atomic E-state index is 12.5. The van der Waals surface area contributed by atoms with Crippen LogP contribution in [0.2, 0.25) is 0 Å². The molecule has 100 valence electrons. The van der Waals surface area contributed by atoms with Crippen molar-refractivity contribution in [2.45, 2.75) is 43.7 Å². The molecule has 1 fully saturated rings. The van der Waals surface area contributed by atoms with E-state index in [1.54, 1.807) is 28.6 Å².